The standard InChI is InChI=1S/C12H16N2O/c1-2-3-4-5-9-6-7-10-11(8-9)14-12(15)13-10/h6-8H,2-5H2,1H3,(H2,13,14,15). The van der Waals surface area contributed by atoms with E-state index in [1.54, 1.807) is 0 Å². The summed E-state index contributed by atoms with van der Waals surface area (Å²) in [5.74, 6) is 0. The topological polar surface area (TPSA) is 48.6 Å². The van der Waals surface area contributed by atoms with E-state index in [2.05, 4.69) is 29.0 Å². The summed E-state index contributed by atoms with van der Waals surface area (Å²) in [7, 11) is 0. The lowest BCUT2D eigenvalue weighted by Gasteiger charge is -2.00. The smallest absolute Gasteiger partial charge is 0.306 e. The fourth-order valence-corrected chi connectivity index (χ4v) is 1.81. The van der Waals surface area contributed by atoms with Crippen LogP contribution in [-0.2, 0) is 6.42 Å². The van der Waals surface area contributed by atoms with Crippen molar-refractivity contribution in [2.45, 2.75) is 32.6 Å². The second-order valence-electron chi connectivity index (χ2n) is 3.92. The molecule has 0 unspecified atom stereocenters. The van der Waals surface area contributed by atoms with Crippen LogP contribution in [0.15, 0.2) is 23.0 Å². The van der Waals surface area contributed by atoms with Crippen molar-refractivity contribution in [2.75, 3.05) is 0 Å². The van der Waals surface area contributed by atoms with Crippen molar-refractivity contribution in [2.24, 2.45) is 0 Å². The molecule has 0 aliphatic rings. The number of H-pyrrole nitrogens is 2. The van der Waals surface area contributed by atoms with Crippen LogP contribution in [0.3, 0.4) is 0 Å². The number of rotatable bonds is 4. The molecule has 1 aromatic carbocycles. The van der Waals surface area contributed by atoms with Gasteiger partial charge in [-0.05, 0) is 30.5 Å². The molecule has 2 N–H and O–H groups in total. The van der Waals surface area contributed by atoms with E-state index >= 15 is 0 Å². The van der Waals surface area contributed by atoms with Gasteiger partial charge in [0.2, 0.25) is 0 Å². The predicted octanol–water partition coefficient (Wildman–Crippen LogP) is 2.59. The fraction of sp³-hybridized carbons (Fsp3) is 0.417. The van der Waals surface area contributed by atoms with Crippen LogP contribution in [0.2, 0.25) is 0 Å². The molecule has 0 fully saturated rings. The third-order valence-electron chi connectivity index (χ3n) is 2.65. The Balaban J connectivity index is 2.19. The number of aryl methyl sites for hydroxylation is 1. The Labute approximate surface area is 88.5 Å². The second-order valence-corrected chi connectivity index (χ2v) is 3.92. The average Bonchev–Trinajstić information content (AvgIpc) is 2.57. The number of aromatic nitrogens is 2. The van der Waals surface area contributed by atoms with Crippen LogP contribution in [0.5, 0.6) is 0 Å². The van der Waals surface area contributed by atoms with Crippen LogP contribution in [0.25, 0.3) is 11.0 Å². The Bertz CT molecular complexity index is 496. The number of benzene rings is 1. The van der Waals surface area contributed by atoms with Gasteiger partial charge < -0.3 is 9.97 Å². The Morgan fingerprint density at radius 1 is 1.13 bits per heavy atom. The Hall–Kier alpha value is -1.51. The van der Waals surface area contributed by atoms with Crippen LogP contribution in [0.1, 0.15) is 31.7 Å². The maximum Gasteiger partial charge on any atom is 0.323 e. The van der Waals surface area contributed by atoms with Crippen molar-refractivity contribution in [3.63, 3.8) is 0 Å². The maximum absolute atomic E-state index is 11.0. The van der Waals surface area contributed by atoms with Gasteiger partial charge in [-0.15, -0.1) is 0 Å². The summed E-state index contributed by atoms with van der Waals surface area (Å²) in [4.78, 5) is 16.6. The number of nitrogens with one attached hydrogen (secondary N) is 2. The van der Waals surface area contributed by atoms with Gasteiger partial charge >= 0.3 is 5.69 Å². The molecule has 15 heavy (non-hydrogen) atoms. The molecule has 0 saturated heterocycles. The van der Waals surface area contributed by atoms with E-state index in [0.717, 1.165) is 17.5 Å². The van der Waals surface area contributed by atoms with Crippen molar-refractivity contribution < 1.29 is 0 Å². The summed E-state index contributed by atoms with van der Waals surface area (Å²) in [6.45, 7) is 2.20. The van der Waals surface area contributed by atoms with Crippen molar-refractivity contribution in [3.05, 3.63) is 34.2 Å². The van der Waals surface area contributed by atoms with Crippen LogP contribution < -0.4 is 5.69 Å². The molecule has 0 amide bonds. The highest BCUT2D eigenvalue weighted by Crippen LogP contribution is 2.12. The summed E-state index contributed by atoms with van der Waals surface area (Å²) in [5.41, 5.74) is 2.97. The van der Waals surface area contributed by atoms with Gasteiger partial charge in [-0.25, -0.2) is 4.79 Å². The minimum Gasteiger partial charge on any atom is -0.306 e. The number of hydrogen-bond acceptors (Lipinski definition) is 1. The molecule has 2 rings (SSSR count). The van der Waals surface area contributed by atoms with Crippen LogP contribution in [0.4, 0.5) is 0 Å². The van der Waals surface area contributed by atoms with E-state index in [9.17, 15) is 4.79 Å². The van der Waals surface area contributed by atoms with Gasteiger partial charge in [-0.1, -0.05) is 25.8 Å². The van der Waals surface area contributed by atoms with Crippen LogP contribution >= 0.6 is 0 Å². The minimum atomic E-state index is -0.129. The van der Waals surface area contributed by atoms with Crippen LogP contribution in [-0.4, -0.2) is 9.97 Å². The minimum absolute atomic E-state index is 0.129. The number of unbranched alkanes of at least 4 members (excludes halogenated alkanes) is 2. The molecule has 0 bridgehead atoms. The van der Waals surface area contributed by atoms with Crippen molar-refractivity contribution in [3.8, 4) is 0 Å². The van der Waals surface area contributed by atoms with E-state index in [0.29, 0.717) is 0 Å². The van der Waals surface area contributed by atoms with E-state index in [4.69, 9.17) is 0 Å². The van der Waals surface area contributed by atoms with Gasteiger partial charge in [0.05, 0.1) is 11.0 Å². The van der Waals surface area contributed by atoms with E-state index in [1.165, 1.54) is 24.8 Å². The molecule has 0 spiro atoms. The van der Waals surface area contributed by atoms with Crippen molar-refractivity contribution in [1.82, 2.24) is 9.97 Å². The fourth-order valence-electron chi connectivity index (χ4n) is 1.81. The molecule has 0 atom stereocenters. The molecule has 0 aliphatic heterocycles. The van der Waals surface area contributed by atoms with Crippen LogP contribution in [0, 0.1) is 0 Å². The molecule has 1 aromatic heterocycles. The van der Waals surface area contributed by atoms with Gasteiger partial charge in [0.15, 0.2) is 0 Å². The van der Waals surface area contributed by atoms with Gasteiger partial charge in [0, 0.05) is 0 Å². The zero-order valence-electron chi connectivity index (χ0n) is 8.97. The van der Waals surface area contributed by atoms with Crippen molar-refractivity contribution in [1.29, 1.82) is 0 Å². The lowest BCUT2D eigenvalue weighted by molar-refractivity contribution is 0.718. The maximum atomic E-state index is 11.0. The van der Waals surface area contributed by atoms with E-state index < -0.39 is 0 Å². The lowest BCUT2D eigenvalue weighted by Crippen LogP contribution is -1.99. The Morgan fingerprint density at radius 2 is 1.93 bits per heavy atom. The molecule has 80 valence electrons. The first-order valence-electron chi connectivity index (χ1n) is 5.50. The largest absolute Gasteiger partial charge is 0.323 e. The van der Waals surface area contributed by atoms with Gasteiger partial charge in [0.25, 0.3) is 0 Å². The first-order chi connectivity index (χ1) is 7.29. The third-order valence-corrected chi connectivity index (χ3v) is 2.65. The molecule has 0 saturated carbocycles. The number of hydrogen-bond donors (Lipinski definition) is 2. The van der Waals surface area contributed by atoms with Gasteiger partial charge in [-0.2, -0.15) is 0 Å². The number of fused-ring (bicyclic) bond motifs is 1. The first kappa shape index (κ1) is 10.0. The number of imidazole rings is 1. The number of aromatic amines is 2. The highest BCUT2D eigenvalue weighted by Gasteiger charge is 1.99. The molecular weight excluding hydrogens is 188 g/mol. The van der Waals surface area contributed by atoms with Crippen molar-refractivity contribution >= 4 is 11.0 Å². The molecule has 0 radical (unpaired) electrons. The summed E-state index contributed by atoms with van der Waals surface area (Å²) < 4.78 is 0. The average molecular weight is 204 g/mol. The lowest BCUT2D eigenvalue weighted by atomic mass is 10.1. The highest BCUT2D eigenvalue weighted by molar-refractivity contribution is 5.74. The molecule has 2 aromatic rings. The zero-order chi connectivity index (χ0) is 10.7. The summed E-state index contributed by atoms with van der Waals surface area (Å²) in [6, 6.07) is 6.11. The van der Waals surface area contributed by atoms with E-state index in [1.807, 2.05) is 6.07 Å². The zero-order valence-corrected chi connectivity index (χ0v) is 8.97. The molecule has 1 heterocycles. The Kier molecular flexibility index (Phi) is 2.90. The Morgan fingerprint density at radius 3 is 2.73 bits per heavy atom. The third kappa shape index (κ3) is 2.29. The van der Waals surface area contributed by atoms with E-state index in [-0.39, 0.29) is 5.69 Å². The quantitative estimate of drug-likeness (QED) is 0.739. The summed E-state index contributed by atoms with van der Waals surface area (Å²) in [5, 5.41) is 0. The SMILES string of the molecule is CCCCCc1ccc2[nH]c(=O)[nH]c2c1. The highest BCUT2D eigenvalue weighted by atomic mass is 16.1. The molecule has 3 heteroatoms. The first-order valence-corrected chi connectivity index (χ1v) is 5.50. The monoisotopic (exact) mass is 204 g/mol. The summed E-state index contributed by atoms with van der Waals surface area (Å²) >= 11 is 0. The van der Waals surface area contributed by atoms with Gasteiger partial charge in [0.1, 0.15) is 0 Å². The molecular formula is C12H16N2O. The summed E-state index contributed by atoms with van der Waals surface area (Å²) in [6.07, 6.45) is 4.82. The molecule has 0 aliphatic carbocycles. The van der Waals surface area contributed by atoms with Gasteiger partial charge in [-0.3, -0.25) is 0 Å². The second kappa shape index (κ2) is 4.34. The normalized spacial score (nSPS) is 11.0. The molecule has 3 nitrogen and oxygen atoms in total. The predicted molar refractivity (Wildman–Crippen MR) is 62.1 cm³/mol.